The number of thiophene rings is 1. The number of hydrogen-bond acceptors (Lipinski definition) is 6. The van der Waals surface area contributed by atoms with Crippen LogP contribution in [-0.4, -0.2) is 102 Å². The van der Waals surface area contributed by atoms with E-state index in [0.29, 0.717) is 68.7 Å². The Bertz CT molecular complexity index is 1400. The highest BCUT2D eigenvalue weighted by molar-refractivity contribution is 7.08. The minimum atomic E-state index is -0.712. The van der Waals surface area contributed by atoms with Crippen LogP contribution >= 0.6 is 22.9 Å². The summed E-state index contributed by atoms with van der Waals surface area (Å²) in [7, 11) is 0. The summed E-state index contributed by atoms with van der Waals surface area (Å²) in [5.41, 5.74) is 10.7. The SMILES string of the molecule is CCc1cc(C[C@@H](NC(=O)N2CCC(N3CCc4cscc4NC3=O)CC2)C(=O)N2CCC(N3CCCCC3)CC2)cc(Cl)c1N. The zero-order chi connectivity index (χ0) is 32.2. The minimum absolute atomic E-state index is 0.0418. The van der Waals surface area contributed by atoms with Crippen LogP contribution < -0.4 is 16.4 Å². The van der Waals surface area contributed by atoms with E-state index in [9.17, 15) is 14.4 Å². The van der Waals surface area contributed by atoms with E-state index in [-0.39, 0.29) is 24.0 Å². The average Bonchev–Trinajstić information content (AvgIpc) is 3.46. The number of hydrogen-bond donors (Lipinski definition) is 3. The lowest BCUT2D eigenvalue weighted by Crippen LogP contribution is -2.57. The summed E-state index contributed by atoms with van der Waals surface area (Å²) in [4.78, 5) is 49.0. The maximum Gasteiger partial charge on any atom is 0.322 e. The Kier molecular flexibility index (Phi) is 10.6. The molecule has 1 aromatic heterocycles. The van der Waals surface area contributed by atoms with Crippen LogP contribution in [0.2, 0.25) is 5.02 Å². The minimum Gasteiger partial charge on any atom is -0.397 e. The number of benzene rings is 1. The molecule has 0 bridgehead atoms. The third-order valence-corrected chi connectivity index (χ3v) is 11.5. The molecule has 0 aliphatic carbocycles. The van der Waals surface area contributed by atoms with E-state index in [1.54, 1.807) is 16.2 Å². The first-order valence-corrected chi connectivity index (χ1v) is 18.4. The molecule has 1 aromatic carbocycles. The summed E-state index contributed by atoms with van der Waals surface area (Å²) in [5.74, 6) is -0.0418. The molecule has 10 nitrogen and oxygen atoms in total. The van der Waals surface area contributed by atoms with Crippen molar-refractivity contribution in [2.45, 2.75) is 89.3 Å². The lowest BCUT2D eigenvalue weighted by Gasteiger charge is -2.41. The fraction of sp³-hybridized carbons (Fsp3) is 0.618. The van der Waals surface area contributed by atoms with Crippen molar-refractivity contribution in [2.24, 2.45) is 0 Å². The molecule has 4 N–H and O–H groups in total. The van der Waals surface area contributed by atoms with Gasteiger partial charge < -0.3 is 36.0 Å². The van der Waals surface area contributed by atoms with E-state index < -0.39 is 6.04 Å². The fourth-order valence-electron chi connectivity index (χ4n) is 7.66. The van der Waals surface area contributed by atoms with Gasteiger partial charge in [-0.25, -0.2) is 9.59 Å². The predicted octanol–water partition coefficient (Wildman–Crippen LogP) is 5.20. The number of urea groups is 2. The highest BCUT2D eigenvalue weighted by Gasteiger charge is 2.35. The zero-order valence-electron chi connectivity index (χ0n) is 26.9. The van der Waals surface area contributed by atoms with E-state index in [0.717, 1.165) is 55.6 Å². The first-order valence-electron chi connectivity index (χ1n) is 17.1. The number of carbonyl (C=O) groups excluding carboxylic acids is 3. The van der Waals surface area contributed by atoms with Crippen LogP contribution in [0.15, 0.2) is 22.9 Å². The largest absolute Gasteiger partial charge is 0.397 e. The molecule has 4 aliphatic rings. The van der Waals surface area contributed by atoms with Crippen LogP contribution in [0.3, 0.4) is 0 Å². The summed E-state index contributed by atoms with van der Waals surface area (Å²) >= 11 is 8.10. The highest BCUT2D eigenvalue weighted by atomic mass is 35.5. The molecule has 4 aliphatic heterocycles. The van der Waals surface area contributed by atoms with Crippen molar-refractivity contribution in [2.75, 3.05) is 56.9 Å². The number of amides is 5. The molecule has 3 fully saturated rings. The normalized spacial score (nSPS) is 21.0. The average molecular weight is 670 g/mol. The third kappa shape index (κ3) is 7.42. The topological polar surface area (TPSA) is 114 Å². The molecule has 250 valence electrons. The molecule has 5 heterocycles. The number of nitrogens with one attached hydrogen (secondary N) is 2. The number of halogens is 1. The molecule has 46 heavy (non-hydrogen) atoms. The van der Waals surface area contributed by atoms with Crippen LogP contribution in [0, 0.1) is 0 Å². The second-order valence-electron chi connectivity index (χ2n) is 13.3. The number of fused-ring (bicyclic) bond motifs is 1. The van der Waals surface area contributed by atoms with E-state index in [4.69, 9.17) is 17.3 Å². The predicted molar refractivity (Wildman–Crippen MR) is 185 cm³/mol. The Balaban J connectivity index is 1.10. The number of rotatable bonds is 7. The standard InChI is InChI=1S/C34H48ClN7O3S/c1-2-24-18-23(19-28(35)31(24)36)20-29(32(43)40-13-7-26(8-14-40)39-11-4-3-5-12-39)37-33(44)41-15-9-27(10-16-41)42-17-6-25-21-46-22-30(25)38-34(42)45/h18-19,21-22,26-27,29H,2-17,20,36H2,1H3,(H,37,44)(H,38,45)/t29-/m1/s1. The Hall–Kier alpha value is -3.02. The van der Waals surface area contributed by atoms with Gasteiger partial charge in [0.05, 0.1) is 16.4 Å². The van der Waals surface area contributed by atoms with Crippen LogP contribution in [0.4, 0.5) is 21.0 Å². The van der Waals surface area contributed by atoms with Gasteiger partial charge in [0.25, 0.3) is 0 Å². The Morgan fingerprint density at radius 3 is 2.39 bits per heavy atom. The summed E-state index contributed by atoms with van der Waals surface area (Å²) in [6.45, 7) is 7.46. The lowest BCUT2D eigenvalue weighted by atomic mass is 9.97. The third-order valence-electron chi connectivity index (χ3n) is 10.4. The van der Waals surface area contributed by atoms with Crippen molar-refractivity contribution in [3.63, 3.8) is 0 Å². The van der Waals surface area contributed by atoms with Gasteiger partial charge in [0.2, 0.25) is 5.91 Å². The summed E-state index contributed by atoms with van der Waals surface area (Å²) in [6, 6.07) is 3.41. The molecule has 0 saturated carbocycles. The maximum atomic E-state index is 14.1. The van der Waals surface area contributed by atoms with Gasteiger partial charge in [-0.3, -0.25) is 4.79 Å². The van der Waals surface area contributed by atoms with Crippen molar-refractivity contribution in [1.82, 2.24) is 24.9 Å². The number of nitrogen functional groups attached to an aromatic ring is 1. The smallest absolute Gasteiger partial charge is 0.322 e. The molecule has 5 amide bonds. The van der Waals surface area contributed by atoms with Gasteiger partial charge in [0.15, 0.2) is 0 Å². The second-order valence-corrected chi connectivity index (χ2v) is 14.4. The molecule has 1 atom stereocenters. The van der Waals surface area contributed by atoms with Gasteiger partial charge in [-0.1, -0.05) is 31.0 Å². The van der Waals surface area contributed by atoms with Crippen molar-refractivity contribution in [1.29, 1.82) is 0 Å². The van der Waals surface area contributed by atoms with Gasteiger partial charge in [-0.05, 0) is 92.6 Å². The summed E-state index contributed by atoms with van der Waals surface area (Å²) in [5, 5.41) is 10.7. The van der Waals surface area contributed by atoms with E-state index in [1.807, 2.05) is 34.2 Å². The zero-order valence-corrected chi connectivity index (χ0v) is 28.5. The molecule has 2 aromatic rings. The van der Waals surface area contributed by atoms with Crippen LogP contribution in [0.25, 0.3) is 0 Å². The Morgan fingerprint density at radius 1 is 0.978 bits per heavy atom. The molecule has 6 rings (SSSR count). The fourth-order valence-corrected chi connectivity index (χ4v) is 8.75. The molecule has 0 radical (unpaired) electrons. The molecule has 0 unspecified atom stereocenters. The number of anilines is 2. The van der Waals surface area contributed by atoms with Gasteiger partial charge in [0, 0.05) is 56.6 Å². The van der Waals surface area contributed by atoms with Gasteiger partial charge in [-0.2, -0.15) is 0 Å². The summed E-state index contributed by atoms with van der Waals surface area (Å²) < 4.78 is 0. The number of nitrogens with two attached hydrogens (primary N) is 1. The number of nitrogens with zero attached hydrogens (tertiary/aromatic N) is 4. The number of carbonyl (C=O) groups is 3. The molecular formula is C34H48ClN7O3S. The lowest BCUT2D eigenvalue weighted by molar-refractivity contribution is -0.134. The van der Waals surface area contributed by atoms with Crippen molar-refractivity contribution < 1.29 is 14.4 Å². The van der Waals surface area contributed by atoms with Gasteiger partial charge >= 0.3 is 12.1 Å². The highest BCUT2D eigenvalue weighted by Crippen LogP contribution is 2.29. The van der Waals surface area contributed by atoms with E-state index in [1.165, 1.54) is 24.8 Å². The van der Waals surface area contributed by atoms with Crippen LogP contribution in [0.1, 0.15) is 68.6 Å². The molecule has 0 spiro atoms. The quantitative estimate of drug-likeness (QED) is 0.351. The number of piperidine rings is 3. The van der Waals surface area contributed by atoms with E-state index in [2.05, 4.69) is 20.9 Å². The molecule has 12 heteroatoms. The summed E-state index contributed by atoms with van der Waals surface area (Å²) in [6.07, 6.45) is 9.05. The first-order chi connectivity index (χ1) is 22.3. The molecular weight excluding hydrogens is 622 g/mol. The molecule has 3 saturated heterocycles. The Labute approximate surface area is 281 Å². The second kappa shape index (κ2) is 14.8. The first kappa shape index (κ1) is 32.9. The van der Waals surface area contributed by atoms with Gasteiger partial charge in [-0.15, -0.1) is 11.3 Å². The van der Waals surface area contributed by atoms with Gasteiger partial charge in [0.1, 0.15) is 6.04 Å². The Morgan fingerprint density at radius 2 is 1.67 bits per heavy atom. The van der Waals surface area contributed by atoms with Crippen LogP contribution in [-0.2, 0) is 24.1 Å². The maximum absolute atomic E-state index is 14.1. The van der Waals surface area contributed by atoms with Crippen molar-refractivity contribution in [3.8, 4) is 0 Å². The van der Waals surface area contributed by atoms with Crippen molar-refractivity contribution >= 4 is 52.3 Å². The number of likely N-dealkylation sites (tertiary alicyclic amines) is 3. The monoisotopic (exact) mass is 669 g/mol. The van der Waals surface area contributed by atoms with Crippen LogP contribution in [0.5, 0.6) is 0 Å². The van der Waals surface area contributed by atoms with Crippen molar-refractivity contribution in [3.05, 3.63) is 44.6 Å². The number of aryl methyl sites for hydroxylation is 1. The van der Waals surface area contributed by atoms with E-state index >= 15 is 0 Å².